The number of hydrogen-bond acceptors (Lipinski definition) is 5. The van der Waals surface area contributed by atoms with Crippen LogP contribution in [-0.2, 0) is 14.6 Å². The molecule has 0 aromatic rings. The smallest absolute Gasteiger partial charge is 0.237 e. The molecule has 18 heavy (non-hydrogen) atoms. The van der Waals surface area contributed by atoms with Gasteiger partial charge in [-0.2, -0.15) is 0 Å². The lowest BCUT2D eigenvalue weighted by Gasteiger charge is -2.49. The number of aliphatic hydroxyl groups excluding tert-OH is 1. The first kappa shape index (κ1) is 15.4. The molecule has 1 fully saturated rings. The fourth-order valence-electron chi connectivity index (χ4n) is 1.90. The molecule has 0 aliphatic heterocycles. The molecule has 1 rings (SSSR count). The molecule has 0 heterocycles. The van der Waals surface area contributed by atoms with E-state index >= 15 is 0 Å². The van der Waals surface area contributed by atoms with E-state index in [0.717, 1.165) is 6.26 Å². The molecule has 1 saturated carbocycles. The van der Waals surface area contributed by atoms with Crippen molar-refractivity contribution in [2.75, 3.05) is 12.0 Å². The summed E-state index contributed by atoms with van der Waals surface area (Å²) in [6, 6.07) is -0.933. The van der Waals surface area contributed by atoms with Crippen LogP contribution in [-0.4, -0.2) is 49.6 Å². The maximum Gasteiger partial charge on any atom is 0.237 e. The van der Waals surface area contributed by atoms with E-state index in [-0.39, 0.29) is 29.5 Å². The molecule has 106 valence electrons. The Balaban J connectivity index is 2.42. The Morgan fingerprint density at radius 2 is 2.11 bits per heavy atom. The van der Waals surface area contributed by atoms with Crippen LogP contribution in [0.3, 0.4) is 0 Å². The molecule has 3 atom stereocenters. The van der Waals surface area contributed by atoms with Gasteiger partial charge in [0.05, 0.1) is 17.9 Å². The minimum Gasteiger partial charge on any atom is -0.392 e. The SMILES string of the molecule is CC1(C)C(O)CC1NC(=O)C(N)CCS(C)(=O)=O. The fraction of sp³-hybridized carbons (Fsp3) is 0.909. The number of nitrogens with two attached hydrogens (primary N) is 1. The highest BCUT2D eigenvalue weighted by Gasteiger charge is 2.48. The first-order valence-electron chi connectivity index (χ1n) is 5.96. The Labute approximate surface area is 108 Å². The molecule has 1 aliphatic carbocycles. The Kier molecular flexibility index (Phi) is 4.40. The highest BCUT2D eigenvalue weighted by molar-refractivity contribution is 7.90. The van der Waals surface area contributed by atoms with Gasteiger partial charge in [0, 0.05) is 17.7 Å². The minimum atomic E-state index is -3.10. The second-order valence-corrected chi connectivity index (χ2v) is 7.92. The van der Waals surface area contributed by atoms with Gasteiger partial charge in [0.2, 0.25) is 5.91 Å². The zero-order valence-electron chi connectivity index (χ0n) is 11.0. The maximum atomic E-state index is 11.7. The second kappa shape index (κ2) is 5.14. The second-order valence-electron chi connectivity index (χ2n) is 5.66. The van der Waals surface area contributed by atoms with Crippen LogP contribution in [0.4, 0.5) is 0 Å². The quantitative estimate of drug-likeness (QED) is 0.599. The summed E-state index contributed by atoms with van der Waals surface area (Å²) < 4.78 is 21.9. The van der Waals surface area contributed by atoms with E-state index in [2.05, 4.69) is 5.32 Å². The molecule has 1 amide bonds. The zero-order valence-corrected chi connectivity index (χ0v) is 11.8. The topological polar surface area (TPSA) is 109 Å². The van der Waals surface area contributed by atoms with Crippen LogP contribution in [0.25, 0.3) is 0 Å². The molecule has 0 bridgehead atoms. The number of sulfone groups is 1. The number of aliphatic hydroxyl groups is 1. The van der Waals surface area contributed by atoms with Gasteiger partial charge in [0.15, 0.2) is 0 Å². The van der Waals surface area contributed by atoms with Crippen LogP contribution in [0.15, 0.2) is 0 Å². The lowest BCUT2D eigenvalue weighted by atomic mass is 9.64. The number of carbonyl (C=O) groups is 1. The van der Waals surface area contributed by atoms with Crippen LogP contribution in [0.5, 0.6) is 0 Å². The molecule has 6 nitrogen and oxygen atoms in total. The predicted molar refractivity (Wildman–Crippen MR) is 68.6 cm³/mol. The van der Waals surface area contributed by atoms with Crippen molar-refractivity contribution in [2.45, 2.75) is 44.9 Å². The predicted octanol–water partition coefficient (Wildman–Crippen LogP) is -0.976. The summed E-state index contributed by atoms with van der Waals surface area (Å²) in [4.78, 5) is 11.7. The summed E-state index contributed by atoms with van der Waals surface area (Å²) in [6.45, 7) is 3.74. The van der Waals surface area contributed by atoms with Crippen molar-refractivity contribution >= 4 is 15.7 Å². The maximum absolute atomic E-state index is 11.7. The number of hydrogen-bond donors (Lipinski definition) is 3. The first-order chi connectivity index (χ1) is 8.04. The largest absolute Gasteiger partial charge is 0.392 e. The fourth-order valence-corrected chi connectivity index (χ4v) is 2.58. The summed E-state index contributed by atoms with van der Waals surface area (Å²) in [7, 11) is -3.10. The molecule has 7 heteroatoms. The van der Waals surface area contributed by atoms with Crippen LogP contribution >= 0.6 is 0 Å². The van der Waals surface area contributed by atoms with Gasteiger partial charge >= 0.3 is 0 Å². The third-order valence-corrected chi connectivity index (χ3v) is 4.65. The van der Waals surface area contributed by atoms with E-state index in [0.29, 0.717) is 6.42 Å². The highest BCUT2D eigenvalue weighted by Crippen LogP contribution is 2.40. The number of carbonyl (C=O) groups excluding carboxylic acids is 1. The van der Waals surface area contributed by atoms with Gasteiger partial charge in [0.25, 0.3) is 0 Å². The van der Waals surface area contributed by atoms with Gasteiger partial charge in [-0.25, -0.2) is 8.42 Å². The minimum absolute atomic E-state index is 0.0989. The number of amides is 1. The average Bonchev–Trinajstić information content (AvgIpc) is 2.24. The summed E-state index contributed by atoms with van der Waals surface area (Å²) in [6.07, 6.45) is 1.32. The Hall–Kier alpha value is -0.660. The summed E-state index contributed by atoms with van der Waals surface area (Å²) in [5.41, 5.74) is 5.28. The lowest BCUT2D eigenvalue weighted by molar-refractivity contribution is -0.130. The first-order valence-corrected chi connectivity index (χ1v) is 8.02. The van der Waals surface area contributed by atoms with E-state index < -0.39 is 22.0 Å². The van der Waals surface area contributed by atoms with E-state index in [1.807, 2.05) is 13.8 Å². The summed E-state index contributed by atoms with van der Waals surface area (Å²) >= 11 is 0. The van der Waals surface area contributed by atoms with Crippen molar-refractivity contribution in [1.29, 1.82) is 0 Å². The molecule has 0 radical (unpaired) electrons. The number of rotatable bonds is 5. The van der Waals surface area contributed by atoms with E-state index in [9.17, 15) is 18.3 Å². The van der Waals surface area contributed by atoms with Crippen LogP contribution in [0.1, 0.15) is 26.7 Å². The monoisotopic (exact) mass is 278 g/mol. The third kappa shape index (κ3) is 3.66. The molecule has 4 N–H and O–H groups in total. The van der Waals surface area contributed by atoms with E-state index in [1.165, 1.54) is 0 Å². The normalized spacial score (nSPS) is 28.3. The Bertz CT molecular complexity index is 419. The summed E-state index contributed by atoms with van der Waals surface area (Å²) in [5, 5.41) is 12.3. The van der Waals surface area contributed by atoms with Gasteiger partial charge in [-0.3, -0.25) is 4.79 Å². The Morgan fingerprint density at radius 1 is 1.56 bits per heavy atom. The zero-order chi connectivity index (χ0) is 14.1. The lowest BCUT2D eigenvalue weighted by Crippen LogP contribution is -2.63. The number of nitrogens with one attached hydrogen (secondary N) is 1. The van der Waals surface area contributed by atoms with Gasteiger partial charge in [0.1, 0.15) is 9.84 Å². The third-order valence-electron chi connectivity index (χ3n) is 3.67. The van der Waals surface area contributed by atoms with Gasteiger partial charge in [-0.05, 0) is 12.8 Å². The van der Waals surface area contributed by atoms with Crippen molar-refractivity contribution in [3.8, 4) is 0 Å². The van der Waals surface area contributed by atoms with E-state index in [4.69, 9.17) is 5.73 Å². The van der Waals surface area contributed by atoms with Gasteiger partial charge in [-0.1, -0.05) is 13.8 Å². The molecular weight excluding hydrogens is 256 g/mol. The Morgan fingerprint density at radius 3 is 2.50 bits per heavy atom. The van der Waals surface area contributed by atoms with Crippen molar-refractivity contribution in [3.05, 3.63) is 0 Å². The van der Waals surface area contributed by atoms with Crippen LogP contribution in [0, 0.1) is 5.41 Å². The molecule has 1 aliphatic rings. The van der Waals surface area contributed by atoms with Crippen molar-refractivity contribution < 1.29 is 18.3 Å². The standard InChI is InChI=1S/C11H22N2O4S/c1-11(2)8(6-9(11)14)13-10(15)7(12)4-5-18(3,16)17/h7-9,14H,4-6,12H2,1-3H3,(H,13,15). The highest BCUT2D eigenvalue weighted by atomic mass is 32.2. The van der Waals surface area contributed by atoms with Gasteiger partial charge < -0.3 is 16.2 Å². The van der Waals surface area contributed by atoms with Crippen molar-refractivity contribution in [1.82, 2.24) is 5.32 Å². The molecular formula is C11H22N2O4S. The van der Waals surface area contributed by atoms with E-state index in [1.54, 1.807) is 0 Å². The molecule has 0 saturated heterocycles. The van der Waals surface area contributed by atoms with Crippen molar-refractivity contribution in [3.63, 3.8) is 0 Å². The van der Waals surface area contributed by atoms with Crippen molar-refractivity contribution in [2.24, 2.45) is 11.1 Å². The molecule has 0 spiro atoms. The molecule has 0 aromatic heterocycles. The molecule has 3 unspecified atom stereocenters. The van der Waals surface area contributed by atoms with Gasteiger partial charge in [-0.15, -0.1) is 0 Å². The average molecular weight is 278 g/mol. The summed E-state index contributed by atoms with van der Waals surface area (Å²) in [5.74, 6) is -0.457. The van der Waals surface area contributed by atoms with Crippen LogP contribution in [0.2, 0.25) is 0 Å². The van der Waals surface area contributed by atoms with Crippen LogP contribution < -0.4 is 11.1 Å². The molecule has 0 aromatic carbocycles.